The minimum Gasteiger partial charge on any atom is -0.314 e. The Balaban J connectivity index is 2.15. The van der Waals surface area contributed by atoms with Crippen LogP contribution >= 0.6 is 0 Å². The molecule has 0 spiro atoms. The Kier molecular flexibility index (Phi) is 3.26. The minimum absolute atomic E-state index is 0.118. The van der Waals surface area contributed by atoms with Crippen LogP contribution in [0.2, 0.25) is 0 Å². The highest BCUT2D eigenvalue weighted by Crippen LogP contribution is 2.26. The molecule has 0 saturated heterocycles. The van der Waals surface area contributed by atoms with Crippen LogP contribution in [0, 0.1) is 0 Å². The van der Waals surface area contributed by atoms with Crippen LogP contribution in [0.5, 0.6) is 0 Å². The molecule has 15 heavy (non-hydrogen) atoms. The van der Waals surface area contributed by atoms with Crippen LogP contribution in [0.15, 0.2) is 10.9 Å². The van der Waals surface area contributed by atoms with E-state index in [2.05, 4.69) is 10.4 Å². The van der Waals surface area contributed by atoms with Crippen LogP contribution in [0.25, 0.3) is 0 Å². The Morgan fingerprint density at radius 2 is 2.20 bits per heavy atom. The van der Waals surface area contributed by atoms with E-state index < -0.39 is 0 Å². The minimum atomic E-state index is 0.118. The molecule has 4 heteroatoms. The molecule has 4 nitrogen and oxygen atoms in total. The molecule has 0 bridgehead atoms. The molecule has 0 amide bonds. The second-order valence-electron chi connectivity index (χ2n) is 4.31. The van der Waals surface area contributed by atoms with Crippen LogP contribution in [0.4, 0.5) is 0 Å². The Labute approximate surface area is 89.7 Å². The van der Waals surface area contributed by atoms with E-state index in [1.807, 2.05) is 11.7 Å². The average molecular weight is 209 g/mol. The molecule has 2 N–H and O–H groups in total. The van der Waals surface area contributed by atoms with Crippen molar-refractivity contribution in [3.05, 3.63) is 22.1 Å². The fourth-order valence-electron chi connectivity index (χ4n) is 2.35. The quantitative estimate of drug-likeness (QED) is 0.790. The van der Waals surface area contributed by atoms with Gasteiger partial charge in [-0.25, -0.2) is 4.68 Å². The maximum Gasteiger partial charge on any atom is 0.267 e. The highest BCUT2D eigenvalue weighted by Gasteiger charge is 2.17. The zero-order valence-corrected chi connectivity index (χ0v) is 9.25. The van der Waals surface area contributed by atoms with Gasteiger partial charge in [-0.1, -0.05) is 19.3 Å². The summed E-state index contributed by atoms with van der Waals surface area (Å²) in [6.07, 6.45) is 6.09. The number of rotatable bonds is 3. The van der Waals surface area contributed by atoms with E-state index in [4.69, 9.17) is 0 Å². The molecule has 0 aliphatic heterocycles. The van der Waals surface area contributed by atoms with Crippen molar-refractivity contribution >= 4 is 0 Å². The molecule has 0 radical (unpaired) electrons. The Hall–Kier alpha value is -1.03. The van der Waals surface area contributed by atoms with Crippen molar-refractivity contribution < 1.29 is 0 Å². The summed E-state index contributed by atoms with van der Waals surface area (Å²) in [5, 5.41) is 6.24. The molecule has 0 unspecified atom stereocenters. The highest BCUT2D eigenvalue weighted by atomic mass is 16.1. The van der Waals surface area contributed by atoms with Gasteiger partial charge in [-0.05, 0) is 19.9 Å². The van der Waals surface area contributed by atoms with Gasteiger partial charge in [-0.2, -0.15) is 0 Å². The summed E-state index contributed by atoms with van der Waals surface area (Å²) in [6.45, 7) is 0.731. The van der Waals surface area contributed by atoms with Crippen LogP contribution < -0.4 is 10.9 Å². The van der Waals surface area contributed by atoms with Crippen LogP contribution in [0.3, 0.4) is 0 Å². The van der Waals surface area contributed by atoms with Crippen molar-refractivity contribution in [1.82, 2.24) is 15.1 Å². The predicted molar refractivity (Wildman–Crippen MR) is 59.9 cm³/mol. The normalized spacial score (nSPS) is 18.2. The molecule has 1 heterocycles. The van der Waals surface area contributed by atoms with Gasteiger partial charge in [-0.3, -0.25) is 9.89 Å². The smallest absolute Gasteiger partial charge is 0.267 e. The molecule has 84 valence electrons. The lowest BCUT2D eigenvalue weighted by atomic mass is 9.96. The standard InChI is InChI=1S/C11H19N3O/c1-12-8-9-7-11(15)14(13-9)10-5-3-2-4-6-10/h7,10,12-13H,2-6,8H2,1H3. The lowest BCUT2D eigenvalue weighted by Crippen LogP contribution is -2.23. The number of H-pyrrole nitrogens is 1. The van der Waals surface area contributed by atoms with Crippen LogP contribution in [-0.2, 0) is 6.54 Å². The second kappa shape index (κ2) is 4.66. The summed E-state index contributed by atoms with van der Waals surface area (Å²) in [7, 11) is 1.89. The Bertz CT molecular complexity index is 360. The first-order valence-electron chi connectivity index (χ1n) is 5.76. The van der Waals surface area contributed by atoms with Crippen LogP contribution in [0.1, 0.15) is 43.8 Å². The van der Waals surface area contributed by atoms with Gasteiger partial charge in [0, 0.05) is 12.6 Å². The molecular formula is C11H19N3O. The number of nitrogens with one attached hydrogen (secondary N) is 2. The lowest BCUT2D eigenvalue weighted by molar-refractivity contribution is 0.322. The van der Waals surface area contributed by atoms with Gasteiger partial charge in [-0.15, -0.1) is 0 Å². The van der Waals surface area contributed by atoms with E-state index >= 15 is 0 Å². The third-order valence-corrected chi connectivity index (χ3v) is 3.11. The fraction of sp³-hybridized carbons (Fsp3) is 0.727. The summed E-state index contributed by atoms with van der Waals surface area (Å²) in [6, 6.07) is 2.10. The van der Waals surface area contributed by atoms with Gasteiger partial charge in [0.05, 0.1) is 11.7 Å². The van der Waals surface area contributed by atoms with Gasteiger partial charge in [0.15, 0.2) is 0 Å². The van der Waals surface area contributed by atoms with Crippen molar-refractivity contribution in [3.8, 4) is 0 Å². The number of hydrogen-bond acceptors (Lipinski definition) is 2. The first-order valence-corrected chi connectivity index (χ1v) is 5.76. The van der Waals surface area contributed by atoms with E-state index in [-0.39, 0.29) is 5.56 Å². The van der Waals surface area contributed by atoms with Crippen molar-refractivity contribution in [2.75, 3.05) is 7.05 Å². The Morgan fingerprint density at radius 1 is 1.47 bits per heavy atom. The molecule has 1 saturated carbocycles. The molecule has 1 fully saturated rings. The lowest BCUT2D eigenvalue weighted by Gasteiger charge is -2.21. The van der Waals surface area contributed by atoms with Gasteiger partial charge in [0.1, 0.15) is 0 Å². The number of aromatic nitrogens is 2. The van der Waals surface area contributed by atoms with Gasteiger partial charge < -0.3 is 5.32 Å². The van der Waals surface area contributed by atoms with E-state index in [0.717, 1.165) is 25.1 Å². The molecule has 1 aliphatic carbocycles. The molecule has 0 aromatic carbocycles. The third-order valence-electron chi connectivity index (χ3n) is 3.11. The maximum atomic E-state index is 11.7. The third kappa shape index (κ3) is 2.31. The number of aromatic amines is 1. The summed E-state index contributed by atoms with van der Waals surface area (Å²) >= 11 is 0. The zero-order chi connectivity index (χ0) is 10.7. The largest absolute Gasteiger partial charge is 0.314 e. The Morgan fingerprint density at radius 3 is 2.87 bits per heavy atom. The SMILES string of the molecule is CNCc1cc(=O)n(C2CCCCC2)[nH]1. The van der Waals surface area contributed by atoms with Crippen LogP contribution in [-0.4, -0.2) is 16.8 Å². The summed E-state index contributed by atoms with van der Waals surface area (Å²) in [5.41, 5.74) is 1.10. The van der Waals surface area contributed by atoms with Crippen molar-refractivity contribution in [2.24, 2.45) is 0 Å². The summed E-state index contributed by atoms with van der Waals surface area (Å²) < 4.78 is 1.81. The first-order chi connectivity index (χ1) is 7.31. The topological polar surface area (TPSA) is 49.8 Å². The van der Waals surface area contributed by atoms with Gasteiger partial charge >= 0.3 is 0 Å². The monoisotopic (exact) mass is 209 g/mol. The van der Waals surface area contributed by atoms with E-state index in [1.54, 1.807) is 6.07 Å². The van der Waals surface area contributed by atoms with E-state index in [9.17, 15) is 4.79 Å². The molecule has 1 aliphatic rings. The first kappa shape index (κ1) is 10.5. The number of hydrogen-bond donors (Lipinski definition) is 2. The number of nitrogens with zero attached hydrogens (tertiary/aromatic N) is 1. The molecule has 1 aromatic heterocycles. The summed E-state index contributed by atoms with van der Waals surface area (Å²) in [5.74, 6) is 0. The maximum absolute atomic E-state index is 11.7. The van der Waals surface area contributed by atoms with Crippen molar-refractivity contribution in [3.63, 3.8) is 0 Å². The highest BCUT2D eigenvalue weighted by molar-refractivity contribution is 5.00. The van der Waals surface area contributed by atoms with Gasteiger partial charge in [0.2, 0.25) is 0 Å². The second-order valence-corrected chi connectivity index (χ2v) is 4.31. The van der Waals surface area contributed by atoms with Crippen molar-refractivity contribution in [1.29, 1.82) is 0 Å². The van der Waals surface area contributed by atoms with E-state index in [1.165, 1.54) is 19.3 Å². The van der Waals surface area contributed by atoms with E-state index in [0.29, 0.717) is 6.04 Å². The average Bonchev–Trinajstić information content (AvgIpc) is 2.61. The molecule has 2 rings (SSSR count). The zero-order valence-electron chi connectivity index (χ0n) is 9.25. The fourth-order valence-corrected chi connectivity index (χ4v) is 2.35. The van der Waals surface area contributed by atoms with Crippen molar-refractivity contribution in [2.45, 2.75) is 44.7 Å². The molecule has 1 aromatic rings. The predicted octanol–water partition coefficient (Wildman–Crippen LogP) is 1.40. The molecular weight excluding hydrogens is 190 g/mol. The van der Waals surface area contributed by atoms with Gasteiger partial charge in [0.25, 0.3) is 5.56 Å². The molecule has 0 atom stereocenters. The summed E-state index contributed by atoms with van der Waals surface area (Å²) in [4.78, 5) is 11.7.